The number of hydrogen-bond acceptors (Lipinski definition) is 5. The molecule has 1 fully saturated rings. The van der Waals surface area contributed by atoms with E-state index < -0.39 is 29.2 Å². The monoisotopic (exact) mass is 385 g/mol. The number of carbonyl (C=O) groups excluding carboxylic acids is 2. The van der Waals surface area contributed by atoms with Crippen molar-refractivity contribution in [3.63, 3.8) is 0 Å². The second-order valence-electron chi connectivity index (χ2n) is 7.83. The van der Waals surface area contributed by atoms with E-state index in [9.17, 15) is 14.9 Å². The number of rotatable bonds is 8. The van der Waals surface area contributed by atoms with E-state index in [1.165, 1.54) is 0 Å². The molecule has 0 aliphatic heterocycles. The zero-order chi connectivity index (χ0) is 20.8. The zero-order valence-corrected chi connectivity index (χ0v) is 16.6. The van der Waals surface area contributed by atoms with Gasteiger partial charge in [0.1, 0.15) is 29.5 Å². The van der Waals surface area contributed by atoms with Crippen molar-refractivity contribution in [1.29, 1.82) is 5.26 Å². The number of carbonyl (C=O) groups is 2. The van der Waals surface area contributed by atoms with Crippen LogP contribution in [0.1, 0.15) is 39.2 Å². The van der Waals surface area contributed by atoms with Gasteiger partial charge in [-0.3, -0.25) is 4.79 Å². The van der Waals surface area contributed by atoms with Crippen LogP contribution in [-0.2, 0) is 16.0 Å². The van der Waals surface area contributed by atoms with Gasteiger partial charge in [0.15, 0.2) is 0 Å². The molecule has 1 atom stereocenters. The molecule has 7 nitrogen and oxygen atoms in total. The fourth-order valence-corrected chi connectivity index (χ4v) is 2.48. The quantitative estimate of drug-likeness (QED) is 0.670. The number of hydrogen-bond donors (Lipinski definition) is 2. The predicted molar refractivity (Wildman–Crippen MR) is 105 cm³/mol. The molecule has 1 aromatic rings. The van der Waals surface area contributed by atoms with Crippen molar-refractivity contribution in [2.24, 2.45) is 0 Å². The first-order valence-corrected chi connectivity index (χ1v) is 9.22. The van der Waals surface area contributed by atoms with E-state index in [1.807, 2.05) is 12.1 Å². The van der Waals surface area contributed by atoms with Crippen LogP contribution >= 0.6 is 0 Å². The van der Waals surface area contributed by atoms with Gasteiger partial charge >= 0.3 is 6.09 Å². The maximum Gasteiger partial charge on any atom is 0.408 e. The summed E-state index contributed by atoms with van der Waals surface area (Å²) in [5.41, 5.74) is -0.656. The highest BCUT2D eigenvalue weighted by atomic mass is 16.6. The van der Waals surface area contributed by atoms with Crippen LogP contribution in [0.4, 0.5) is 4.79 Å². The fraction of sp³-hybridized carbons (Fsp3) is 0.476. The predicted octanol–water partition coefficient (Wildman–Crippen LogP) is 2.86. The average molecular weight is 385 g/mol. The van der Waals surface area contributed by atoms with Crippen molar-refractivity contribution >= 4 is 12.0 Å². The SMILES string of the molecule is C=CCOc1ccc(C[C@H](NC(=O)OC(C)(C)C)C(=O)NC2(C#N)CC2)cc1. The van der Waals surface area contributed by atoms with Gasteiger partial charge in [0, 0.05) is 6.42 Å². The van der Waals surface area contributed by atoms with Crippen molar-refractivity contribution in [2.45, 2.75) is 57.2 Å². The highest BCUT2D eigenvalue weighted by Crippen LogP contribution is 2.34. The van der Waals surface area contributed by atoms with Crippen LogP contribution in [0.2, 0.25) is 0 Å². The average Bonchev–Trinajstić information content (AvgIpc) is 3.39. The lowest BCUT2D eigenvalue weighted by molar-refractivity contribution is -0.123. The second-order valence-corrected chi connectivity index (χ2v) is 7.83. The van der Waals surface area contributed by atoms with Gasteiger partial charge in [-0.05, 0) is 51.3 Å². The van der Waals surface area contributed by atoms with Crippen LogP contribution in [0.25, 0.3) is 0 Å². The third-order valence-electron chi connectivity index (χ3n) is 4.06. The molecule has 7 heteroatoms. The summed E-state index contributed by atoms with van der Waals surface area (Å²) in [5.74, 6) is 0.281. The molecule has 1 saturated carbocycles. The van der Waals surface area contributed by atoms with Crippen LogP contribution in [-0.4, -0.2) is 35.8 Å². The minimum atomic E-state index is -0.861. The largest absolute Gasteiger partial charge is 0.490 e. The van der Waals surface area contributed by atoms with E-state index in [0.717, 1.165) is 5.56 Å². The van der Waals surface area contributed by atoms with E-state index in [4.69, 9.17) is 9.47 Å². The lowest BCUT2D eigenvalue weighted by Gasteiger charge is -2.24. The van der Waals surface area contributed by atoms with Gasteiger partial charge in [-0.1, -0.05) is 24.8 Å². The molecule has 1 aliphatic rings. The Balaban J connectivity index is 2.08. The molecule has 2 N–H and O–H groups in total. The van der Waals surface area contributed by atoms with Gasteiger partial charge in [-0.15, -0.1) is 0 Å². The van der Waals surface area contributed by atoms with Crippen molar-refractivity contribution in [2.75, 3.05) is 6.61 Å². The molecule has 0 unspecified atom stereocenters. The number of benzene rings is 1. The van der Waals surface area contributed by atoms with Crippen LogP contribution in [0.5, 0.6) is 5.75 Å². The third-order valence-corrected chi connectivity index (χ3v) is 4.06. The van der Waals surface area contributed by atoms with Crippen LogP contribution < -0.4 is 15.4 Å². The summed E-state index contributed by atoms with van der Waals surface area (Å²) in [5, 5.41) is 14.6. The van der Waals surface area contributed by atoms with Crippen molar-refractivity contribution in [3.8, 4) is 11.8 Å². The Morgan fingerprint density at radius 3 is 2.46 bits per heavy atom. The Hall–Kier alpha value is -3.01. The van der Waals surface area contributed by atoms with Crippen molar-refractivity contribution in [3.05, 3.63) is 42.5 Å². The van der Waals surface area contributed by atoms with Crippen LogP contribution in [0.3, 0.4) is 0 Å². The van der Waals surface area contributed by atoms with Gasteiger partial charge in [0.05, 0.1) is 6.07 Å². The molecule has 0 saturated heterocycles. The van der Waals surface area contributed by atoms with E-state index >= 15 is 0 Å². The first-order chi connectivity index (χ1) is 13.2. The Morgan fingerprint density at radius 1 is 1.32 bits per heavy atom. The zero-order valence-electron chi connectivity index (χ0n) is 16.6. The van der Waals surface area contributed by atoms with Crippen LogP contribution in [0, 0.1) is 11.3 Å². The summed E-state index contributed by atoms with van der Waals surface area (Å²) in [6, 6.07) is 8.49. The van der Waals surface area contributed by atoms with Crippen LogP contribution in [0.15, 0.2) is 36.9 Å². The van der Waals surface area contributed by atoms with Crippen molar-refractivity contribution in [1.82, 2.24) is 10.6 Å². The number of alkyl carbamates (subject to hydrolysis) is 1. The van der Waals surface area contributed by atoms with Gasteiger partial charge in [-0.25, -0.2) is 4.79 Å². The van der Waals surface area contributed by atoms with E-state index in [2.05, 4.69) is 23.3 Å². The highest BCUT2D eigenvalue weighted by molar-refractivity contribution is 5.87. The van der Waals surface area contributed by atoms with Gasteiger partial charge in [-0.2, -0.15) is 5.26 Å². The molecule has 2 amide bonds. The van der Waals surface area contributed by atoms with E-state index in [0.29, 0.717) is 25.2 Å². The number of nitrogens with zero attached hydrogens (tertiary/aromatic N) is 1. The Labute approximate surface area is 165 Å². The molecule has 150 valence electrons. The lowest BCUT2D eigenvalue weighted by atomic mass is 10.0. The first-order valence-electron chi connectivity index (χ1n) is 9.22. The molecule has 28 heavy (non-hydrogen) atoms. The van der Waals surface area contributed by atoms with E-state index in [-0.39, 0.29) is 6.42 Å². The van der Waals surface area contributed by atoms with Gasteiger partial charge in [0.25, 0.3) is 0 Å². The molecule has 2 rings (SSSR count). The molecular weight excluding hydrogens is 358 g/mol. The topological polar surface area (TPSA) is 100 Å². The minimum Gasteiger partial charge on any atom is -0.490 e. The van der Waals surface area contributed by atoms with Gasteiger partial charge < -0.3 is 20.1 Å². The highest BCUT2D eigenvalue weighted by Gasteiger charge is 2.45. The van der Waals surface area contributed by atoms with E-state index in [1.54, 1.807) is 39.0 Å². The Bertz CT molecular complexity index is 755. The minimum absolute atomic E-state index is 0.258. The molecule has 0 spiro atoms. The Morgan fingerprint density at radius 2 is 1.96 bits per heavy atom. The molecule has 0 heterocycles. The molecular formula is C21H27N3O4. The van der Waals surface area contributed by atoms with Crippen molar-refractivity contribution < 1.29 is 19.1 Å². The normalized spacial score (nSPS) is 15.5. The summed E-state index contributed by atoms with van der Waals surface area (Å²) >= 11 is 0. The summed E-state index contributed by atoms with van der Waals surface area (Å²) < 4.78 is 10.7. The number of ether oxygens (including phenoxy) is 2. The molecule has 1 aromatic carbocycles. The molecule has 0 bridgehead atoms. The maximum atomic E-state index is 12.7. The number of nitrogens with one attached hydrogen (secondary N) is 2. The first kappa shape index (κ1) is 21.3. The lowest BCUT2D eigenvalue weighted by Crippen LogP contribution is -2.52. The number of amides is 2. The summed E-state index contributed by atoms with van der Waals surface area (Å²) in [6.45, 7) is 9.25. The summed E-state index contributed by atoms with van der Waals surface area (Å²) in [7, 11) is 0. The number of nitriles is 1. The second kappa shape index (κ2) is 8.79. The van der Waals surface area contributed by atoms with Gasteiger partial charge in [0.2, 0.25) is 5.91 Å². The standard InChI is InChI=1S/C21H27N3O4/c1-5-12-27-16-8-6-15(7-9-16)13-17(23-19(26)28-20(2,3)4)18(25)24-21(14-22)10-11-21/h5-9,17H,1,10-13H2,2-4H3,(H,23,26)(H,24,25)/t17-/m0/s1. The fourth-order valence-electron chi connectivity index (χ4n) is 2.48. The summed E-state index contributed by atoms with van der Waals surface area (Å²) in [4.78, 5) is 24.9. The summed E-state index contributed by atoms with van der Waals surface area (Å²) in [6.07, 6.45) is 2.46. The Kier molecular flexibility index (Phi) is 6.68. The molecule has 1 aliphatic carbocycles. The maximum absolute atomic E-state index is 12.7. The molecule has 0 radical (unpaired) electrons. The smallest absolute Gasteiger partial charge is 0.408 e. The molecule has 0 aromatic heterocycles. The third kappa shape index (κ3) is 6.62.